The van der Waals surface area contributed by atoms with Gasteiger partial charge < -0.3 is 5.32 Å². The van der Waals surface area contributed by atoms with Gasteiger partial charge in [-0.15, -0.1) is 12.4 Å². The van der Waals surface area contributed by atoms with Crippen LogP contribution in [0.15, 0.2) is 18.5 Å². The molecule has 0 aliphatic carbocycles. The van der Waals surface area contributed by atoms with Gasteiger partial charge >= 0.3 is 0 Å². The Labute approximate surface area is 133 Å². The second-order valence-electron chi connectivity index (χ2n) is 5.61. The van der Waals surface area contributed by atoms with E-state index in [9.17, 15) is 0 Å². The molecule has 2 heterocycles. The largest absolute Gasteiger partial charge is 0.364 e. The van der Waals surface area contributed by atoms with E-state index in [1.165, 1.54) is 5.56 Å². The first-order chi connectivity index (χ1) is 9.51. The third-order valence-electron chi connectivity index (χ3n) is 3.66. The van der Waals surface area contributed by atoms with Gasteiger partial charge in [-0.25, -0.2) is 0 Å². The third kappa shape index (κ3) is 4.24. The Hall–Kier alpha value is -1.49. The lowest BCUT2D eigenvalue weighted by molar-refractivity contribution is 0.479. The van der Waals surface area contributed by atoms with E-state index in [1.807, 2.05) is 28.6 Å². The minimum atomic E-state index is 0. The highest BCUT2D eigenvalue weighted by atomic mass is 35.5. The van der Waals surface area contributed by atoms with Gasteiger partial charge in [0.25, 0.3) is 0 Å². The average Bonchev–Trinajstić information content (AvgIpc) is 3.02. The van der Waals surface area contributed by atoms with E-state index < -0.39 is 0 Å². The number of nitrogens with one attached hydrogen (secondary N) is 1. The Bertz CT molecular complexity index is 558. The van der Waals surface area contributed by atoms with Gasteiger partial charge in [0, 0.05) is 42.7 Å². The first-order valence-corrected chi connectivity index (χ1v) is 7.35. The fourth-order valence-electron chi connectivity index (χ4n) is 2.01. The molecule has 0 spiro atoms. The summed E-state index contributed by atoms with van der Waals surface area (Å²) in [4.78, 5) is 0. The van der Waals surface area contributed by atoms with E-state index in [2.05, 4.69) is 49.4 Å². The van der Waals surface area contributed by atoms with E-state index in [-0.39, 0.29) is 12.4 Å². The molecular formula is C15H26ClN5. The van der Waals surface area contributed by atoms with Crippen molar-refractivity contribution in [3.63, 3.8) is 0 Å². The molecule has 0 radical (unpaired) electrons. The molecular weight excluding hydrogens is 286 g/mol. The summed E-state index contributed by atoms with van der Waals surface area (Å²) in [6, 6.07) is 2.86. The summed E-state index contributed by atoms with van der Waals surface area (Å²) in [5.74, 6) is 0.919. The number of aryl methyl sites for hydroxylation is 1. The molecule has 1 unspecified atom stereocenters. The fourth-order valence-corrected chi connectivity index (χ4v) is 2.01. The second kappa shape index (κ2) is 7.50. The zero-order chi connectivity index (χ0) is 14.7. The normalized spacial score (nSPS) is 12.3. The van der Waals surface area contributed by atoms with Crippen LogP contribution in [0.2, 0.25) is 0 Å². The highest BCUT2D eigenvalue weighted by molar-refractivity contribution is 5.85. The van der Waals surface area contributed by atoms with E-state index >= 15 is 0 Å². The Morgan fingerprint density at radius 2 is 1.90 bits per heavy atom. The van der Waals surface area contributed by atoms with Crippen LogP contribution >= 0.6 is 12.4 Å². The van der Waals surface area contributed by atoms with Gasteiger partial charge in [-0.1, -0.05) is 6.92 Å². The molecule has 1 N–H and O–H groups in total. The lowest BCUT2D eigenvalue weighted by atomic mass is 10.2. The molecule has 0 aliphatic rings. The highest BCUT2D eigenvalue weighted by Gasteiger charge is 2.08. The Morgan fingerprint density at radius 3 is 2.48 bits per heavy atom. The first-order valence-electron chi connectivity index (χ1n) is 7.35. The number of anilines is 1. The number of nitrogens with zero attached hydrogens (tertiary/aromatic N) is 4. The molecule has 0 amide bonds. The molecule has 2 rings (SSSR count). The summed E-state index contributed by atoms with van der Waals surface area (Å²) in [6.07, 6.45) is 5.22. The summed E-state index contributed by atoms with van der Waals surface area (Å²) < 4.78 is 4.01. The van der Waals surface area contributed by atoms with Crippen LogP contribution in [0.4, 0.5) is 5.82 Å². The molecule has 0 saturated heterocycles. The van der Waals surface area contributed by atoms with Gasteiger partial charge in [0.15, 0.2) is 0 Å². The van der Waals surface area contributed by atoms with Gasteiger partial charge in [0.1, 0.15) is 5.82 Å². The quantitative estimate of drug-likeness (QED) is 0.878. The van der Waals surface area contributed by atoms with Crippen LogP contribution < -0.4 is 5.32 Å². The van der Waals surface area contributed by atoms with Crippen molar-refractivity contribution < 1.29 is 0 Å². The van der Waals surface area contributed by atoms with Crippen LogP contribution in [-0.2, 0) is 6.54 Å². The zero-order valence-electron chi connectivity index (χ0n) is 13.5. The van der Waals surface area contributed by atoms with Gasteiger partial charge in [0.05, 0.1) is 5.69 Å². The first kappa shape index (κ1) is 17.6. The second-order valence-corrected chi connectivity index (χ2v) is 5.61. The van der Waals surface area contributed by atoms with Crippen LogP contribution in [0.5, 0.6) is 0 Å². The lowest BCUT2D eigenvalue weighted by Gasteiger charge is -2.08. The number of halogens is 1. The molecule has 0 fully saturated rings. The van der Waals surface area contributed by atoms with Crippen LogP contribution in [0.25, 0.3) is 0 Å². The van der Waals surface area contributed by atoms with Crippen molar-refractivity contribution in [2.75, 3.05) is 5.32 Å². The lowest BCUT2D eigenvalue weighted by Crippen LogP contribution is -2.06. The smallest absolute Gasteiger partial charge is 0.148 e. The van der Waals surface area contributed by atoms with Crippen molar-refractivity contribution in [3.8, 4) is 0 Å². The Balaban J connectivity index is 0.00000220. The maximum absolute atomic E-state index is 4.55. The van der Waals surface area contributed by atoms with E-state index in [0.717, 1.165) is 24.5 Å². The molecule has 0 bridgehead atoms. The van der Waals surface area contributed by atoms with E-state index in [4.69, 9.17) is 0 Å². The van der Waals surface area contributed by atoms with Gasteiger partial charge in [-0.2, -0.15) is 10.2 Å². The summed E-state index contributed by atoms with van der Waals surface area (Å²) in [5.41, 5.74) is 2.30. The van der Waals surface area contributed by atoms with Crippen LogP contribution in [0.3, 0.4) is 0 Å². The molecule has 1 atom stereocenters. The molecule has 0 saturated carbocycles. The molecule has 2 aromatic heterocycles. The number of aromatic nitrogens is 4. The third-order valence-corrected chi connectivity index (χ3v) is 3.66. The zero-order valence-corrected chi connectivity index (χ0v) is 14.3. The van der Waals surface area contributed by atoms with Crippen molar-refractivity contribution in [1.82, 2.24) is 19.6 Å². The van der Waals surface area contributed by atoms with Gasteiger partial charge in [-0.3, -0.25) is 9.36 Å². The molecule has 2 aromatic rings. The highest BCUT2D eigenvalue weighted by Crippen LogP contribution is 2.15. The maximum Gasteiger partial charge on any atom is 0.148 e. The van der Waals surface area contributed by atoms with Crippen molar-refractivity contribution in [3.05, 3.63) is 29.7 Å². The SMILES string of the molecule is CCC(C)n1ccc(NCc2cn(C(C)C)nc2C)n1.Cl. The minimum absolute atomic E-state index is 0. The predicted octanol–water partition coefficient (Wildman–Crippen LogP) is 3.97. The molecule has 5 nitrogen and oxygen atoms in total. The predicted molar refractivity (Wildman–Crippen MR) is 89.2 cm³/mol. The van der Waals surface area contributed by atoms with Crippen molar-refractivity contribution in [2.45, 2.75) is 59.7 Å². The monoisotopic (exact) mass is 311 g/mol. The van der Waals surface area contributed by atoms with Gasteiger partial charge in [-0.05, 0) is 34.1 Å². The van der Waals surface area contributed by atoms with Crippen LogP contribution in [-0.4, -0.2) is 19.6 Å². The van der Waals surface area contributed by atoms with Crippen LogP contribution in [0, 0.1) is 6.92 Å². The summed E-state index contributed by atoms with van der Waals surface area (Å²) in [5, 5.41) is 12.4. The number of rotatable bonds is 6. The van der Waals surface area contributed by atoms with E-state index in [0.29, 0.717) is 12.1 Å². The maximum atomic E-state index is 4.55. The molecule has 6 heteroatoms. The Morgan fingerprint density at radius 1 is 1.19 bits per heavy atom. The Kier molecular flexibility index (Phi) is 6.27. The molecule has 0 aromatic carbocycles. The van der Waals surface area contributed by atoms with Crippen LogP contribution in [0.1, 0.15) is 57.5 Å². The minimum Gasteiger partial charge on any atom is -0.364 e. The van der Waals surface area contributed by atoms with Gasteiger partial charge in [0.2, 0.25) is 0 Å². The topological polar surface area (TPSA) is 47.7 Å². The number of hydrogen-bond donors (Lipinski definition) is 1. The molecule has 118 valence electrons. The van der Waals surface area contributed by atoms with E-state index in [1.54, 1.807) is 0 Å². The molecule has 21 heavy (non-hydrogen) atoms. The van der Waals surface area contributed by atoms with Crippen molar-refractivity contribution in [1.29, 1.82) is 0 Å². The summed E-state index contributed by atoms with van der Waals surface area (Å²) >= 11 is 0. The number of hydrogen-bond acceptors (Lipinski definition) is 3. The van der Waals surface area contributed by atoms with Crippen molar-refractivity contribution >= 4 is 18.2 Å². The fraction of sp³-hybridized carbons (Fsp3) is 0.600. The standard InChI is InChI=1S/C15H25N5.ClH/c1-6-12(4)19-8-7-15(18-19)16-9-14-10-20(11(2)3)17-13(14)5;/h7-8,10-12H,6,9H2,1-5H3,(H,16,18);1H. The summed E-state index contributed by atoms with van der Waals surface area (Å²) in [7, 11) is 0. The van der Waals surface area contributed by atoms with Crippen molar-refractivity contribution in [2.24, 2.45) is 0 Å². The molecule has 0 aliphatic heterocycles. The summed E-state index contributed by atoms with van der Waals surface area (Å²) in [6.45, 7) is 11.4. The average molecular weight is 312 g/mol.